The summed E-state index contributed by atoms with van der Waals surface area (Å²) in [7, 11) is 0. The molecule has 4 atom stereocenters. The molecule has 0 aromatic heterocycles. The summed E-state index contributed by atoms with van der Waals surface area (Å²) in [5, 5.41) is 20.8. The highest BCUT2D eigenvalue weighted by atomic mass is 14.9. The maximum atomic E-state index is 3.59. The third-order valence-electron chi connectivity index (χ3n) is 8.80. The number of benzene rings is 3. The molecule has 6 nitrogen and oxygen atoms in total. The van der Waals surface area contributed by atoms with E-state index < -0.39 is 0 Å². The molecule has 0 fully saturated rings. The van der Waals surface area contributed by atoms with Gasteiger partial charge in [-0.1, -0.05) is 41.5 Å². The molecular formula is C46H80N6. The fourth-order valence-corrected chi connectivity index (χ4v) is 5.31. The minimum Gasteiger partial charge on any atom is -0.383 e. The van der Waals surface area contributed by atoms with Gasteiger partial charge in [0.25, 0.3) is 0 Å². The van der Waals surface area contributed by atoms with Gasteiger partial charge in [0.2, 0.25) is 0 Å². The van der Waals surface area contributed by atoms with Crippen molar-refractivity contribution in [3.05, 3.63) is 72.8 Å². The molecule has 52 heavy (non-hydrogen) atoms. The van der Waals surface area contributed by atoms with E-state index >= 15 is 0 Å². The summed E-state index contributed by atoms with van der Waals surface area (Å²) in [6, 6.07) is 28.8. The van der Waals surface area contributed by atoms with Gasteiger partial charge in [0.15, 0.2) is 0 Å². The average Bonchev–Trinajstić information content (AvgIpc) is 3.09. The van der Waals surface area contributed by atoms with Crippen molar-refractivity contribution in [2.45, 2.75) is 172 Å². The first kappa shape index (κ1) is 46.5. The van der Waals surface area contributed by atoms with E-state index in [-0.39, 0.29) is 0 Å². The largest absolute Gasteiger partial charge is 0.383 e. The van der Waals surface area contributed by atoms with Crippen LogP contribution < -0.4 is 31.9 Å². The van der Waals surface area contributed by atoms with E-state index in [1.807, 2.05) is 0 Å². The molecule has 3 aromatic rings. The fraction of sp³-hybridized carbons (Fsp3) is 0.609. The molecule has 3 aromatic carbocycles. The minimum atomic E-state index is 0.485. The SMILES string of the molecule is CC(C)CCC(C)Nc1ccc(NC(C)CCC(C)C)cc1.CC(C)Nc1ccc(NC(C)C)cc1.CCC(C)Nc1ccc(NC(C)CC)cc1. The zero-order valence-corrected chi connectivity index (χ0v) is 35.8. The van der Waals surface area contributed by atoms with Crippen molar-refractivity contribution in [3.8, 4) is 0 Å². The second-order valence-electron chi connectivity index (χ2n) is 16.3. The Hall–Kier alpha value is -3.54. The molecule has 3 rings (SSSR count). The van der Waals surface area contributed by atoms with Gasteiger partial charge in [0.05, 0.1) is 0 Å². The van der Waals surface area contributed by atoms with Crippen molar-refractivity contribution < 1.29 is 0 Å². The van der Waals surface area contributed by atoms with Crippen LogP contribution in [0.4, 0.5) is 34.1 Å². The van der Waals surface area contributed by atoms with Gasteiger partial charge < -0.3 is 31.9 Å². The lowest BCUT2D eigenvalue weighted by Crippen LogP contribution is -2.17. The Morgan fingerprint density at radius 2 is 0.519 bits per heavy atom. The molecule has 4 unspecified atom stereocenters. The second kappa shape index (κ2) is 26.3. The van der Waals surface area contributed by atoms with E-state index in [4.69, 9.17) is 0 Å². The lowest BCUT2D eigenvalue weighted by molar-refractivity contribution is 0.527. The van der Waals surface area contributed by atoms with Crippen LogP contribution in [0.2, 0.25) is 0 Å². The third kappa shape index (κ3) is 23.1. The Kier molecular flexibility index (Phi) is 23.5. The molecule has 0 saturated heterocycles. The predicted octanol–water partition coefficient (Wildman–Crippen LogP) is 13.6. The predicted molar refractivity (Wildman–Crippen MR) is 238 cm³/mol. The van der Waals surface area contributed by atoms with Crippen molar-refractivity contribution in [3.63, 3.8) is 0 Å². The molecule has 0 radical (unpaired) electrons. The summed E-state index contributed by atoms with van der Waals surface area (Å²) in [4.78, 5) is 0. The number of hydrogen-bond acceptors (Lipinski definition) is 6. The Balaban J connectivity index is 0.000000402. The second-order valence-corrected chi connectivity index (χ2v) is 16.3. The molecule has 0 aliphatic heterocycles. The molecule has 294 valence electrons. The van der Waals surface area contributed by atoms with Gasteiger partial charge >= 0.3 is 0 Å². The highest BCUT2D eigenvalue weighted by Crippen LogP contribution is 2.20. The highest BCUT2D eigenvalue weighted by Gasteiger charge is 2.06. The zero-order valence-electron chi connectivity index (χ0n) is 35.8. The summed E-state index contributed by atoms with van der Waals surface area (Å²) >= 11 is 0. The van der Waals surface area contributed by atoms with Gasteiger partial charge in [-0.05, 0) is 179 Å². The normalized spacial score (nSPS) is 13.3. The van der Waals surface area contributed by atoms with Gasteiger partial charge in [-0.15, -0.1) is 0 Å². The van der Waals surface area contributed by atoms with Crippen molar-refractivity contribution >= 4 is 34.1 Å². The Morgan fingerprint density at radius 1 is 0.308 bits per heavy atom. The monoisotopic (exact) mass is 717 g/mol. The standard InChI is InChI=1S/C20H36N2.C14H24N2.C12H20N2/c1-15(2)7-9-17(5)21-19-11-13-20(14-12-19)22-18(6)10-8-16(3)4;1-5-11(3)15-13-7-9-14(10-8-13)16-12(4)6-2;1-9(2)13-11-5-7-12(8-6-11)14-10(3)4/h11-18,21-22H,7-10H2,1-6H3;7-12,15-16H,5-6H2,1-4H3;5-10,13-14H,1-4H3. The molecule has 0 heterocycles. The van der Waals surface area contributed by atoms with Crippen LogP contribution in [0.5, 0.6) is 0 Å². The van der Waals surface area contributed by atoms with E-state index in [0.717, 1.165) is 24.7 Å². The first-order chi connectivity index (χ1) is 24.6. The minimum absolute atomic E-state index is 0.485. The first-order valence-electron chi connectivity index (χ1n) is 20.5. The van der Waals surface area contributed by atoms with E-state index in [1.165, 1.54) is 59.8 Å². The summed E-state index contributed by atoms with van der Waals surface area (Å²) in [6.45, 7) is 31.0. The van der Waals surface area contributed by atoms with Crippen molar-refractivity contribution in [1.29, 1.82) is 0 Å². The van der Waals surface area contributed by atoms with Crippen LogP contribution in [0, 0.1) is 11.8 Å². The smallest absolute Gasteiger partial charge is 0.0343 e. The maximum absolute atomic E-state index is 3.59. The number of rotatable bonds is 20. The van der Waals surface area contributed by atoms with E-state index in [1.54, 1.807) is 0 Å². The van der Waals surface area contributed by atoms with Crippen LogP contribution in [0.25, 0.3) is 0 Å². The Labute approximate surface area is 321 Å². The topological polar surface area (TPSA) is 72.2 Å². The summed E-state index contributed by atoms with van der Waals surface area (Å²) in [5.41, 5.74) is 7.19. The Morgan fingerprint density at radius 3 is 0.712 bits per heavy atom. The lowest BCUT2D eigenvalue weighted by atomic mass is 10.0. The summed E-state index contributed by atoms with van der Waals surface area (Å²) in [5.74, 6) is 1.56. The zero-order chi connectivity index (χ0) is 39.1. The molecule has 0 aliphatic rings. The molecule has 6 N–H and O–H groups in total. The van der Waals surface area contributed by atoms with Crippen LogP contribution in [0.3, 0.4) is 0 Å². The molecule has 0 bridgehead atoms. The van der Waals surface area contributed by atoms with Gasteiger partial charge in [-0.25, -0.2) is 0 Å². The molecule has 0 saturated carbocycles. The van der Waals surface area contributed by atoms with Crippen LogP contribution in [-0.2, 0) is 0 Å². The van der Waals surface area contributed by atoms with E-state index in [0.29, 0.717) is 36.3 Å². The molecular weight excluding hydrogens is 637 g/mol. The van der Waals surface area contributed by atoms with Gasteiger partial charge in [-0.2, -0.15) is 0 Å². The number of anilines is 6. The van der Waals surface area contributed by atoms with Gasteiger partial charge in [0, 0.05) is 70.4 Å². The summed E-state index contributed by atoms with van der Waals surface area (Å²) < 4.78 is 0. The maximum Gasteiger partial charge on any atom is 0.0343 e. The molecule has 6 heteroatoms. The lowest BCUT2D eigenvalue weighted by Gasteiger charge is -2.18. The van der Waals surface area contributed by atoms with E-state index in [9.17, 15) is 0 Å². The van der Waals surface area contributed by atoms with Crippen LogP contribution in [0.15, 0.2) is 72.8 Å². The molecule has 0 aliphatic carbocycles. The first-order valence-corrected chi connectivity index (χ1v) is 20.5. The van der Waals surface area contributed by atoms with Gasteiger partial charge in [-0.3, -0.25) is 0 Å². The number of nitrogens with one attached hydrogen (secondary N) is 6. The molecule has 0 spiro atoms. The van der Waals surface area contributed by atoms with Crippen LogP contribution >= 0.6 is 0 Å². The highest BCUT2D eigenvalue weighted by molar-refractivity contribution is 5.56. The quantitative estimate of drug-likeness (QED) is 0.0699. The van der Waals surface area contributed by atoms with Crippen LogP contribution in [0.1, 0.15) is 135 Å². The summed E-state index contributed by atoms with van der Waals surface area (Å²) in [6.07, 6.45) is 7.30. The van der Waals surface area contributed by atoms with E-state index in [2.05, 4.69) is 202 Å². The Bertz CT molecular complexity index is 1170. The van der Waals surface area contributed by atoms with Gasteiger partial charge in [0.1, 0.15) is 0 Å². The molecule has 0 amide bonds. The third-order valence-corrected chi connectivity index (χ3v) is 8.80. The van der Waals surface area contributed by atoms with Crippen LogP contribution in [-0.4, -0.2) is 36.3 Å². The number of hydrogen-bond donors (Lipinski definition) is 6. The fourth-order valence-electron chi connectivity index (χ4n) is 5.31. The van der Waals surface area contributed by atoms with Crippen molar-refractivity contribution in [2.24, 2.45) is 11.8 Å². The van der Waals surface area contributed by atoms with Crippen molar-refractivity contribution in [1.82, 2.24) is 0 Å². The average molecular weight is 717 g/mol. The van der Waals surface area contributed by atoms with Crippen molar-refractivity contribution in [2.75, 3.05) is 31.9 Å².